The minimum Gasteiger partial charge on any atom is -0.491 e. The second kappa shape index (κ2) is 10.4. The Balaban J connectivity index is 1.92. The van der Waals surface area contributed by atoms with E-state index >= 15 is 0 Å². The summed E-state index contributed by atoms with van der Waals surface area (Å²) in [6.45, 7) is 1.87. The van der Waals surface area contributed by atoms with E-state index in [1.165, 1.54) is 0 Å². The fourth-order valence-corrected chi connectivity index (χ4v) is 1.60. The van der Waals surface area contributed by atoms with Gasteiger partial charge in [0, 0.05) is 25.3 Å². The van der Waals surface area contributed by atoms with Gasteiger partial charge in [-0.3, -0.25) is 9.59 Å². The summed E-state index contributed by atoms with van der Waals surface area (Å²) in [5.41, 5.74) is 6.25. The number of hydrogen-bond donors (Lipinski definition) is 3. The van der Waals surface area contributed by atoms with Gasteiger partial charge in [0.2, 0.25) is 5.91 Å². The van der Waals surface area contributed by atoms with Crippen molar-refractivity contribution in [2.45, 2.75) is 19.3 Å². The number of carboxylic acid groups (broad SMARTS) is 1. The summed E-state index contributed by atoms with van der Waals surface area (Å²) in [5, 5.41) is 11.1. The number of hydrogen-bond acceptors (Lipinski definition) is 5. The first-order valence-electron chi connectivity index (χ1n) is 7.12. The Morgan fingerprint density at radius 1 is 1.09 bits per heavy atom. The first-order chi connectivity index (χ1) is 10.6. The van der Waals surface area contributed by atoms with Crippen molar-refractivity contribution in [1.82, 2.24) is 5.32 Å². The standard InChI is InChI=1S/C15H22N2O5/c16-12-2-4-13(5-3-12)22-11-10-21-9-1-8-17-14(18)6-7-15(19)20/h2-5H,1,6-11,16H2,(H,17,18)(H,19,20). The number of ether oxygens (including phenoxy) is 2. The Kier molecular flexibility index (Phi) is 8.44. The van der Waals surface area contributed by atoms with E-state index in [4.69, 9.17) is 20.3 Å². The van der Waals surface area contributed by atoms with Crippen LogP contribution in [0.1, 0.15) is 19.3 Å². The number of carbonyl (C=O) groups excluding carboxylic acids is 1. The van der Waals surface area contributed by atoms with Gasteiger partial charge >= 0.3 is 5.97 Å². The third-order valence-corrected chi connectivity index (χ3v) is 2.73. The zero-order valence-electron chi connectivity index (χ0n) is 12.4. The summed E-state index contributed by atoms with van der Waals surface area (Å²) < 4.78 is 10.8. The molecule has 0 atom stereocenters. The molecule has 7 heteroatoms. The van der Waals surface area contributed by atoms with Crippen LogP contribution < -0.4 is 15.8 Å². The molecule has 0 spiro atoms. The van der Waals surface area contributed by atoms with Gasteiger partial charge in [0.25, 0.3) is 0 Å². The van der Waals surface area contributed by atoms with E-state index in [9.17, 15) is 9.59 Å². The van der Waals surface area contributed by atoms with Crippen LogP contribution in [-0.2, 0) is 14.3 Å². The Hall–Kier alpha value is -2.28. The molecular formula is C15H22N2O5. The molecule has 0 saturated carbocycles. The minimum atomic E-state index is -0.973. The van der Waals surface area contributed by atoms with Gasteiger partial charge < -0.3 is 25.6 Å². The number of carbonyl (C=O) groups is 2. The highest BCUT2D eigenvalue weighted by atomic mass is 16.5. The van der Waals surface area contributed by atoms with E-state index < -0.39 is 5.97 Å². The highest BCUT2D eigenvalue weighted by molar-refractivity contribution is 5.80. The Morgan fingerprint density at radius 2 is 1.82 bits per heavy atom. The molecule has 0 aromatic heterocycles. The third-order valence-electron chi connectivity index (χ3n) is 2.73. The third kappa shape index (κ3) is 8.80. The predicted molar refractivity (Wildman–Crippen MR) is 81.7 cm³/mol. The van der Waals surface area contributed by atoms with E-state index in [0.29, 0.717) is 38.5 Å². The first kappa shape index (κ1) is 17.8. The molecule has 22 heavy (non-hydrogen) atoms. The molecule has 0 aliphatic heterocycles. The Labute approximate surface area is 129 Å². The van der Waals surface area contributed by atoms with E-state index in [2.05, 4.69) is 5.32 Å². The molecule has 1 aromatic rings. The number of nitrogen functional groups attached to an aromatic ring is 1. The van der Waals surface area contributed by atoms with Crippen LogP contribution in [0.15, 0.2) is 24.3 Å². The normalized spacial score (nSPS) is 10.2. The van der Waals surface area contributed by atoms with Crippen LogP contribution in [-0.4, -0.2) is 43.3 Å². The zero-order valence-corrected chi connectivity index (χ0v) is 12.4. The van der Waals surface area contributed by atoms with Crippen LogP contribution in [0.5, 0.6) is 5.75 Å². The average molecular weight is 310 g/mol. The van der Waals surface area contributed by atoms with Gasteiger partial charge in [-0.2, -0.15) is 0 Å². The fraction of sp³-hybridized carbons (Fsp3) is 0.467. The Bertz CT molecular complexity index is 462. The molecule has 0 aliphatic carbocycles. The summed E-state index contributed by atoms with van der Waals surface area (Å²) >= 11 is 0. The molecule has 0 fully saturated rings. The van der Waals surface area contributed by atoms with Crippen molar-refractivity contribution in [3.63, 3.8) is 0 Å². The number of nitrogens with two attached hydrogens (primary N) is 1. The SMILES string of the molecule is Nc1ccc(OCCOCCCNC(=O)CCC(=O)O)cc1. The molecule has 0 aliphatic rings. The first-order valence-corrected chi connectivity index (χ1v) is 7.12. The van der Waals surface area contributed by atoms with Crippen LogP contribution >= 0.6 is 0 Å². The minimum absolute atomic E-state index is 0.00558. The Morgan fingerprint density at radius 3 is 2.50 bits per heavy atom. The maximum Gasteiger partial charge on any atom is 0.303 e. The molecule has 0 unspecified atom stereocenters. The number of rotatable bonds is 11. The molecule has 1 aromatic carbocycles. The van der Waals surface area contributed by atoms with Crippen LogP contribution in [0.3, 0.4) is 0 Å². The molecule has 7 nitrogen and oxygen atoms in total. The molecule has 1 amide bonds. The monoisotopic (exact) mass is 310 g/mol. The van der Waals surface area contributed by atoms with Gasteiger partial charge in [0.05, 0.1) is 13.0 Å². The second-order valence-electron chi connectivity index (χ2n) is 4.63. The van der Waals surface area contributed by atoms with E-state index in [1.54, 1.807) is 24.3 Å². The lowest BCUT2D eigenvalue weighted by atomic mass is 10.3. The maximum absolute atomic E-state index is 11.2. The van der Waals surface area contributed by atoms with Crippen LogP contribution in [0, 0.1) is 0 Å². The zero-order chi connectivity index (χ0) is 16.2. The van der Waals surface area contributed by atoms with E-state index in [0.717, 1.165) is 5.75 Å². The van der Waals surface area contributed by atoms with E-state index in [-0.39, 0.29) is 18.7 Å². The second-order valence-corrected chi connectivity index (χ2v) is 4.63. The van der Waals surface area contributed by atoms with Crippen LogP contribution in [0.4, 0.5) is 5.69 Å². The number of carboxylic acids is 1. The molecule has 4 N–H and O–H groups in total. The fourth-order valence-electron chi connectivity index (χ4n) is 1.60. The van der Waals surface area contributed by atoms with Crippen molar-refractivity contribution in [3.8, 4) is 5.75 Å². The van der Waals surface area contributed by atoms with Crippen LogP contribution in [0.2, 0.25) is 0 Å². The highest BCUT2D eigenvalue weighted by Gasteiger charge is 2.04. The lowest BCUT2D eigenvalue weighted by Gasteiger charge is -2.08. The topological polar surface area (TPSA) is 111 Å². The molecule has 0 saturated heterocycles. The number of nitrogens with one attached hydrogen (secondary N) is 1. The molecule has 0 radical (unpaired) electrons. The molecular weight excluding hydrogens is 288 g/mol. The lowest BCUT2D eigenvalue weighted by Crippen LogP contribution is -2.25. The highest BCUT2D eigenvalue weighted by Crippen LogP contribution is 2.12. The van der Waals surface area contributed by atoms with Crippen molar-refractivity contribution in [3.05, 3.63) is 24.3 Å². The molecule has 0 heterocycles. The van der Waals surface area contributed by atoms with Gasteiger partial charge in [-0.1, -0.05) is 0 Å². The number of amides is 1. The summed E-state index contributed by atoms with van der Waals surface area (Å²) in [4.78, 5) is 21.5. The predicted octanol–water partition coefficient (Wildman–Crippen LogP) is 1.04. The summed E-state index contributed by atoms with van der Waals surface area (Å²) in [7, 11) is 0. The van der Waals surface area contributed by atoms with Crippen molar-refractivity contribution in [2.75, 3.05) is 32.1 Å². The van der Waals surface area contributed by atoms with Crippen molar-refractivity contribution in [1.29, 1.82) is 0 Å². The molecule has 0 bridgehead atoms. The summed E-state index contributed by atoms with van der Waals surface area (Å²) in [6, 6.07) is 7.12. The van der Waals surface area contributed by atoms with Gasteiger partial charge in [-0.15, -0.1) is 0 Å². The van der Waals surface area contributed by atoms with Crippen LogP contribution in [0.25, 0.3) is 0 Å². The number of anilines is 1. The number of benzene rings is 1. The maximum atomic E-state index is 11.2. The smallest absolute Gasteiger partial charge is 0.303 e. The average Bonchev–Trinajstić information content (AvgIpc) is 2.49. The summed E-state index contributed by atoms with van der Waals surface area (Å²) in [6.07, 6.45) is 0.525. The van der Waals surface area contributed by atoms with Gasteiger partial charge in [-0.05, 0) is 30.7 Å². The lowest BCUT2D eigenvalue weighted by molar-refractivity contribution is -0.138. The largest absolute Gasteiger partial charge is 0.491 e. The van der Waals surface area contributed by atoms with E-state index in [1.807, 2.05) is 0 Å². The number of aliphatic carboxylic acids is 1. The molecule has 122 valence electrons. The van der Waals surface area contributed by atoms with Gasteiger partial charge in [0.15, 0.2) is 0 Å². The van der Waals surface area contributed by atoms with Gasteiger partial charge in [-0.25, -0.2) is 0 Å². The van der Waals surface area contributed by atoms with Crippen molar-refractivity contribution >= 4 is 17.6 Å². The quantitative estimate of drug-likeness (QED) is 0.416. The van der Waals surface area contributed by atoms with Gasteiger partial charge in [0.1, 0.15) is 12.4 Å². The molecule has 1 rings (SSSR count). The van der Waals surface area contributed by atoms with Crippen molar-refractivity contribution in [2.24, 2.45) is 0 Å². The van der Waals surface area contributed by atoms with Crippen molar-refractivity contribution < 1.29 is 24.2 Å². The summed E-state index contributed by atoms with van der Waals surface area (Å²) in [5.74, 6) is -0.489.